The van der Waals surface area contributed by atoms with E-state index in [-0.39, 0.29) is 29.1 Å². The van der Waals surface area contributed by atoms with Gasteiger partial charge in [-0.2, -0.15) is 13.2 Å². The van der Waals surface area contributed by atoms with Crippen LogP contribution in [0, 0.1) is 24.2 Å². The Kier molecular flexibility index (Phi) is 7.49. The van der Waals surface area contributed by atoms with E-state index in [0.29, 0.717) is 17.7 Å². The van der Waals surface area contributed by atoms with E-state index in [1.165, 1.54) is 4.90 Å². The van der Waals surface area contributed by atoms with Crippen LogP contribution in [0.1, 0.15) is 30.8 Å². The van der Waals surface area contributed by atoms with E-state index in [1.807, 2.05) is 39.0 Å². The first-order valence-electron chi connectivity index (χ1n) is 12.9. The monoisotopic (exact) mass is 609 g/mol. The summed E-state index contributed by atoms with van der Waals surface area (Å²) >= 11 is 7.96. The van der Waals surface area contributed by atoms with Gasteiger partial charge in [0.1, 0.15) is 5.15 Å². The molecule has 6 rings (SSSR count). The maximum atomic E-state index is 12.8. The molecule has 3 aromatic rings. The van der Waals surface area contributed by atoms with Gasteiger partial charge in [-0.1, -0.05) is 25.4 Å². The number of imide groups is 1. The van der Waals surface area contributed by atoms with E-state index >= 15 is 0 Å². The van der Waals surface area contributed by atoms with Gasteiger partial charge < -0.3 is 15.7 Å². The van der Waals surface area contributed by atoms with Crippen LogP contribution in [0.3, 0.4) is 0 Å². The Hall–Kier alpha value is -3.29. The Morgan fingerprint density at radius 1 is 1.24 bits per heavy atom. The van der Waals surface area contributed by atoms with Gasteiger partial charge in [0.05, 0.1) is 40.0 Å². The number of nitrogens with zero attached hydrogens (tertiary/aromatic N) is 3. The summed E-state index contributed by atoms with van der Waals surface area (Å²) in [5.41, 5.74) is 4.49. The highest BCUT2D eigenvalue weighted by Crippen LogP contribution is 2.63. The number of nitrogens with one attached hydrogen (secondary N) is 2. The topological polar surface area (TPSA) is 125 Å². The highest BCUT2D eigenvalue weighted by Gasteiger charge is 2.72. The quantitative estimate of drug-likeness (QED) is 0.277. The van der Waals surface area contributed by atoms with Crippen LogP contribution in [0.2, 0.25) is 5.15 Å². The first kappa shape index (κ1) is 29.2. The molecule has 41 heavy (non-hydrogen) atoms. The zero-order valence-corrected chi connectivity index (χ0v) is 23.9. The summed E-state index contributed by atoms with van der Waals surface area (Å²) in [5.74, 6) is -3.17. The second-order valence-corrected chi connectivity index (χ2v) is 12.4. The number of thiophene rings is 1. The molecule has 14 heteroatoms. The second kappa shape index (κ2) is 10.5. The molecule has 2 saturated heterocycles. The van der Waals surface area contributed by atoms with Crippen molar-refractivity contribution in [1.29, 1.82) is 0 Å². The number of fused-ring (bicyclic) bond motifs is 2. The predicted molar refractivity (Wildman–Crippen MR) is 148 cm³/mol. The molecule has 5 heterocycles. The fourth-order valence-electron chi connectivity index (χ4n) is 5.60. The molecule has 3 N–H and O–H groups in total. The summed E-state index contributed by atoms with van der Waals surface area (Å²) in [7, 11) is 0. The SMILES string of the molecule is Cc1nc(Cl)cc(-c2ccnc3cc(CN4C(=O)C5C(C4=O)C5(C)C)sc23)c1NC1CCNC1.O=C(O)C(F)(F)F. The molecular weight excluding hydrogens is 583 g/mol. The standard InChI is InChI=1S/C25H26ClN5O2S.C2HF3O2/c1-12-21(30-13-4-6-27-10-13)16(9-18(26)29-12)15-5-7-28-17-8-14(34-22(15)17)11-31-23(32)19-20(24(31)33)25(19,2)3;3-2(4,5)1(6)7/h5,7-9,13,19-20,27,30H,4,6,10-11H2,1-3H3;(H,6,7). The Morgan fingerprint density at radius 3 is 2.49 bits per heavy atom. The summed E-state index contributed by atoms with van der Waals surface area (Å²) in [5, 5.41) is 14.6. The third-order valence-electron chi connectivity index (χ3n) is 7.78. The minimum absolute atomic E-state index is 0.0427. The van der Waals surface area contributed by atoms with E-state index in [4.69, 9.17) is 21.5 Å². The number of hydrogen-bond acceptors (Lipinski definition) is 8. The molecule has 0 aromatic carbocycles. The van der Waals surface area contributed by atoms with Crippen molar-refractivity contribution in [2.75, 3.05) is 18.4 Å². The number of rotatable bonds is 5. The number of aromatic nitrogens is 2. The predicted octanol–water partition coefficient (Wildman–Crippen LogP) is 4.87. The van der Waals surface area contributed by atoms with Crippen LogP contribution in [-0.4, -0.2) is 63.1 Å². The number of pyridine rings is 2. The van der Waals surface area contributed by atoms with Gasteiger partial charge in [0.25, 0.3) is 0 Å². The van der Waals surface area contributed by atoms with Crippen LogP contribution >= 0.6 is 22.9 Å². The Bertz CT molecular complexity index is 1530. The normalized spacial score (nSPS) is 22.9. The van der Waals surface area contributed by atoms with Crippen molar-refractivity contribution >= 4 is 56.6 Å². The Balaban J connectivity index is 0.000000431. The summed E-state index contributed by atoms with van der Waals surface area (Å²) < 4.78 is 32.7. The minimum Gasteiger partial charge on any atom is -0.475 e. The molecular formula is C27H27ClF3N5O4S. The number of carbonyl (C=O) groups is 3. The summed E-state index contributed by atoms with van der Waals surface area (Å²) in [6.07, 6.45) is -2.24. The van der Waals surface area contributed by atoms with Gasteiger partial charge in [-0.3, -0.25) is 19.5 Å². The number of hydrogen-bond donors (Lipinski definition) is 3. The molecule has 0 spiro atoms. The summed E-state index contributed by atoms with van der Waals surface area (Å²) in [4.78, 5) is 46.0. The van der Waals surface area contributed by atoms with Crippen LogP contribution in [0.15, 0.2) is 24.4 Å². The van der Waals surface area contributed by atoms with Gasteiger partial charge in [0.15, 0.2) is 0 Å². The maximum absolute atomic E-state index is 12.8. The number of aliphatic carboxylic acids is 1. The minimum atomic E-state index is -5.08. The molecule has 2 aliphatic heterocycles. The number of alkyl halides is 3. The average molecular weight is 610 g/mol. The Labute approximate surface area is 242 Å². The van der Waals surface area contributed by atoms with Gasteiger partial charge in [-0.25, -0.2) is 9.78 Å². The van der Waals surface area contributed by atoms with Crippen molar-refractivity contribution in [3.63, 3.8) is 0 Å². The lowest BCUT2D eigenvalue weighted by Gasteiger charge is -2.20. The molecule has 3 atom stereocenters. The number of piperidine rings is 1. The number of amides is 2. The molecule has 3 aromatic heterocycles. The number of halogens is 4. The van der Waals surface area contributed by atoms with Gasteiger partial charge in [-0.05, 0) is 43.5 Å². The molecule has 0 radical (unpaired) electrons. The van der Waals surface area contributed by atoms with E-state index in [9.17, 15) is 22.8 Å². The zero-order valence-electron chi connectivity index (χ0n) is 22.3. The van der Waals surface area contributed by atoms with Crippen molar-refractivity contribution in [2.45, 2.75) is 46.0 Å². The highest BCUT2D eigenvalue weighted by molar-refractivity contribution is 7.19. The lowest BCUT2D eigenvalue weighted by molar-refractivity contribution is -0.192. The van der Waals surface area contributed by atoms with Crippen molar-refractivity contribution in [3.05, 3.63) is 40.1 Å². The number of likely N-dealkylation sites (tertiary alicyclic amines) is 1. The zero-order chi connectivity index (χ0) is 29.9. The average Bonchev–Trinajstić information content (AvgIpc) is 3.33. The summed E-state index contributed by atoms with van der Waals surface area (Å²) in [6.45, 7) is 8.17. The van der Waals surface area contributed by atoms with Crippen molar-refractivity contribution in [2.24, 2.45) is 17.3 Å². The van der Waals surface area contributed by atoms with Crippen molar-refractivity contribution in [3.8, 4) is 11.1 Å². The van der Waals surface area contributed by atoms with Gasteiger partial charge in [0, 0.05) is 34.8 Å². The number of carbonyl (C=O) groups excluding carboxylic acids is 2. The molecule has 1 aliphatic carbocycles. The van der Waals surface area contributed by atoms with Crippen molar-refractivity contribution in [1.82, 2.24) is 20.2 Å². The fraction of sp³-hybridized carbons (Fsp3) is 0.444. The van der Waals surface area contributed by atoms with E-state index in [2.05, 4.69) is 20.6 Å². The smallest absolute Gasteiger partial charge is 0.475 e. The molecule has 9 nitrogen and oxygen atoms in total. The highest BCUT2D eigenvalue weighted by atomic mass is 35.5. The van der Waals surface area contributed by atoms with E-state index < -0.39 is 12.1 Å². The van der Waals surface area contributed by atoms with Crippen LogP contribution in [0.4, 0.5) is 18.9 Å². The van der Waals surface area contributed by atoms with Crippen LogP contribution < -0.4 is 10.6 Å². The molecule has 218 valence electrons. The number of carboxylic acids is 1. The number of anilines is 1. The van der Waals surface area contributed by atoms with Crippen LogP contribution in [0.25, 0.3) is 21.3 Å². The fourth-order valence-corrected chi connectivity index (χ4v) is 6.97. The molecule has 0 bridgehead atoms. The number of carboxylic acid groups (broad SMARTS) is 1. The maximum Gasteiger partial charge on any atom is 0.490 e. The van der Waals surface area contributed by atoms with Crippen LogP contribution in [0.5, 0.6) is 0 Å². The molecule has 3 aliphatic rings. The lowest BCUT2D eigenvalue weighted by Crippen LogP contribution is -2.35. The van der Waals surface area contributed by atoms with Gasteiger partial charge >= 0.3 is 12.1 Å². The molecule has 3 unspecified atom stereocenters. The Morgan fingerprint density at radius 2 is 1.90 bits per heavy atom. The van der Waals surface area contributed by atoms with Gasteiger partial charge in [0.2, 0.25) is 11.8 Å². The van der Waals surface area contributed by atoms with Crippen molar-refractivity contribution < 1.29 is 32.7 Å². The first-order valence-corrected chi connectivity index (χ1v) is 14.1. The summed E-state index contributed by atoms with van der Waals surface area (Å²) in [6, 6.07) is 6.22. The molecule has 3 fully saturated rings. The first-order chi connectivity index (χ1) is 19.2. The largest absolute Gasteiger partial charge is 0.490 e. The van der Waals surface area contributed by atoms with E-state index in [0.717, 1.165) is 57.1 Å². The number of aryl methyl sites for hydroxylation is 1. The third kappa shape index (κ3) is 5.50. The third-order valence-corrected chi connectivity index (χ3v) is 9.11. The van der Waals surface area contributed by atoms with Crippen LogP contribution in [-0.2, 0) is 20.9 Å². The van der Waals surface area contributed by atoms with Gasteiger partial charge in [-0.15, -0.1) is 11.3 Å². The molecule has 1 saturated carbocycles. The second-order valence-electron chi connectivity index (χ2n) is 10.9. The van der Waals surface area contributed by atoms with E-state index in [1.54, 1.807) is 17.5 Å². The lowest BCUT2D eigenvalue weighted by atomic mass is 10.0. The molecule has 2 amide bonds.